The lowest BCUT2D eigenvalue weighted by atomic mass is 10.1. The van der Waals surface area contributed by atoms with Crippen LogP contribution in [0.25, 0.3) is 0 Å². The molecule has 0 saturated carbocycles. The van der Waals surface area contributed by atoms with E-state index < -0.39 is 6.04 Å². The van der Waals surface area contributed by atoms with Gasteiger partial charge >= 0.3 is 0 Å². The van der Waals surface area contributed by atoms with Gasteiger partial charge in [-0.25, -0.2) is 0 Å². The molecule has 0 unspecified atom stereocenters. The summed E-state index contributed by atoms with van der Waals surface area (Å²) in [5.41, 5.74) is 1.28. The summed E-state index contributed by atoms with van der Waals surface area (Å²) in [6, 6.07) is 9.65. The van der Waals surface area contributed by atoms with E-state index in [1.165, 1.54) is 0 Å². The zero-order chi connectivity index (χ0) is 17.7. The number of hydrogen-bond donors (Lipinski definition) is 1. The smallest absolute Gasteiger partial charge is 0.253 e. The molecule has 1 heterocycles. The Morgan fingerprint density at radius 1 is 1.17 bits per heavy atom. The Morgan fingerprint density at radius 2 is 1.88 bits per heavy atom. The molecule has 6 heteroatoms. The van der Waals surface area contributed by atoms with Crippen molar-refractivity contribution in [2.24, 2.45) is 0 Å². The molecule has 1 aromatic carbocycles. The molecule has 0 aliphatic heterocycles. The lowest BCUT2D eigenvalue weighted by molar-refractivity contribution is -0.133. The van der Waals surface area contributed by atoms with Crippen LogP contribution >= 0.6 is 11.6 Å². The Bertz CT molecular complexity index is 721. The van der Waals surface area contributed by atoms with E-state index in [0.29, 0.717) is 10.6 Å². The molecule has 2 rings (SSSR count). The van der Waals surface area contributed by atoms with Crippen LogP contribution in [0.4, 0.5) is 0 Å². The number of likely N-dealkylation sites (N-methyl/N-ethyl adjacent to an activating group) is 1. The van der Waals surface area contributed by atoms with Gasteiger partial charge in [-0.15, -0.1) is 0 Å². The van der Waals surface area contributed by atoms with Crippen molar-refractivity contribution in [3.8, 4) is 0 Å². The van der Waals surface area contributed by atoms with Crippen LogP contribution in [-0.4, -0.2) is 34.8 Å². The van der Waals surface area contributed by atoms with Gasteiger partial charge in [-0.1, -0.05) is 29.8 Å². The Hall–Kier alpha value is -2.40. The van der Waals surface area contributed by atoms with Gasteiger partial charge in [0.25, 0.3) is 5.91 Å². The van der Waals surface area contributed by atoms with Gasteiger partial charge in [-0.2, -0.15) is 0 Å². The van der Waals surface area contributed by atoms with Gasteiger partial charge in [-0.3, -0.25) is 14.6 Å². The summed E-state index contributed by atoms with van der Waals surface area (Å²) in [6.45, 7) is 3.57. The summed E-state index contributed by atoms with van der Waals surface area (Å²) in [5, 5.41) is 3.05. The number of benzene rings is 1. The first-order chi connectivity index (χ1) is 11.4. The maximum absolute atomic E-state index is 12.6. The van der Waals surface area contributed by atoms with E-state index in [-0.39, 0.29) is 17.9 Å². The minimum Gasteiger partial charge on any atom is -0.340 e. The van der Waals surface area contributed by atoms with Crippen molar-refractivity contribution in [1.29, 1.82) is 0 Å². The first kappa shape index (κ1) is 17.9. The SMILES string of the molecule is C[C@H](NC(=O)c1ccccc1Cl)C(=O)N(C)[C@@H](C)c1cccnc1. The number of aromatic nitrogens is 1. The van der Waals surface area contributed by atoms with Crippen molar-refractivity contribution < 1.29 is 9.59 Å². The van der Waals surface area contributed by atoms with Gasteiger partial charge in [-0.05, 0) is 37.6 Å². The number of nitrogens with one attached hydrogen (secondary N) is 1. The monoisotopic (exact) mass is 345 g/mol. The molecule has 0 saturated heterocycles. The van der Waals surface area contributed by atoms with Crippen LogP contribution in [0.2, 0.25) is 5.02 Å². The molecule has 0 radical (unpaired) electrons. The van der Waals surface area contributed by atoms with Crippen LogP contribution in [0, 0.1) is 0 Å². The second-order valence-electron chi connectivity index (χ2n) is 5.59. The average molecular weight is 346 g/mol. The van der Waals surface area contributed by atoms with Crippen molar-refractivity contribution in [3.05, 3.63) is 64.9 Å². The number of pyridine rings is 1. The fourth-order valence-corrected chi connectivity index (χ4v) is 2.55. The fourth-order valence-electron chi connectivity index (χ4n) is 2.32. The maximum Gasteiger partial charge on any atom is 0.253 e. The molecular weight excluding hydrogens is 326 g/mol. The quantitative estimate of drug-likeness (QED) is 0.905. The van der Waals surface area contributed by atoms with Crippen molar-refractivity contribution in [2.45, 2.75) is 25.9 Å². The number of carbonyl (C=O) groups is 2. The molecular formula is C18H20ClN3O2. The Morgan fingerprint density at radius 3 is 2.50 bits per heavy atom. The van der Waals surface area contributed by atoms with Crippen molar-refractivity contribution >= 4 is 23.4 Å². The molecule has 2 atom stereocenters. The Labute approximate surface area is 146 Å². The third-order valence-electron chi connectivity index (χ3n) is 3.93. The van der Waals surface area contributed by atoms with E-state index in [4.69, 9.17) is 11.6 Å². The van der Waals surface area contributed by atoms with Gasteiger partial charge < -0.3 is 10.2 Å². The molecule has 1 N–H and O–H groups in total. The Kier molecular flexibility index (Phi) is 5.93. The van der Waals surface area contributed by atoms with Gasteiger partial charge in [0, 0.05) is 19.4 Å². The van der Waals surface area contributed by atoms with E-state index in [1.807, 2.05) is 19.1 Å². The standard InChI is InChI=1S/C18H20ClN3O2/c1-12(21-17(23)15-8-4-5-9-16(15)19)18(24)22(3)13(2)14-7-6-10-20-11-14/h4-13H,1-3H3,(H,21,23)/t12-,13-/m0/s1. The summed E-state index contributed by atoms with van der Waals surface area (Å²) in [7, 11) is 1.71. The number of rotatable bonds is 5. The summed E-state index contributed by atoms with van der Waals surface area (Å²) in [6.07, 6.45) is 3.41. The first-order valence-electron chi connectivity index (χ1n) is 7.63. The molecule has 0 aliphatic carbocycles. The summed E-state index contributed by atoms with van der Waals surface area (Å²) < 4.78 is 0. The van der Waals surface area contributed by atoms with Crippen LogP contribution in [0.3, 0.4) is 0 Å². The second kappa shape index (κ2) is 7.93. The van der Waals surface area contributed by atoms with E-state index in [1.54, 1.807) is 55.5 Å². The number of halogens is 1. The highest BCUT2D eigenvalue weighted by atomic mass is 35.5. The highest BCUT2D eigenvalue weighted by molar-refractivity contribution is 6.33. The van der Waals surface area contributed by atoms with Crippen LogP contribution in [0.5, 0.6) is 0 Å². The minimum absolute atomic E-state index is 0.147. The molecule has 126 valence electrons. The predicted octanol–water partition coefficient (Wildman–Crippen LogP) is 3.07. The van der Waals surface area contributed by atoms with Crippen LogP contribution < -0.4 is 5.32 Å². The average Bonchev–Trinajstić information content (AvgIpc) is 2.60. The van der Waals surface area contributed by atoms with Crippen LogP contribution in [0.1, 0.15) is 35.8 Å². The molecule has 5 nitrogen and oxygen atoms in total. The van der Waals surface area contributed by atoms with Gasteiger partial charge in [0.2, 0.25) is 5.91 Å². The fraction of sp³-hybridized carbons (Fsp3) is 0.278. The van der Waals surface area contributed by atoms with Crippen molar-refractivity contribution in [1.82, 2.24) is 15.2 Å². The van der Waals surface area contributed by atoms with Crippen LogP contribution in [-0.2, 0) is 4.79 Å². The van der Waals surface area contributed by atoms with E-state index >= 15 is 0 Å². The maximum atomic E-state index is 12.6. The van der Waals surface area contributed by atoms with Gasteiger partial charge in [0.05, 0.1) is 16.6 Å². The zero-order valence-corrected chi connectivity index (χ0v) is 14.6. The lowest BCUT2D eigenvalue weighted by Crippen LogP contribution is -2.46. The lowest BCUT2D eigenvalue weighted by Gasteiger charge is -2.28. The van der Waals surface area contributed by atoms with Gasteiger partial charge in [0.1, 0.15) is 6.04 Å². The molecule has 1 aromatic heterocycles. The largest absolute Gasteiger partial charge is 0.340 e. The normalized spacial score (nSPS) is 13.0. The molecule has 2 aromatic rings. The summed E-state index contributed by atoms with van der Waals surface area (Å²) in [4.78, 5) is 30.5. The van der Waals surface area contributed by atoms with Crippen molar-refractivity contribution in [2.75, 3.05) is 7.05 Å². The summed E-state index contributed by atoms with van der Waals surface area (Å²) >= 11 is 6.01. The van der Waals surface area contributed by atoms with Crippen molar-refractivity contribution in [3.63, 3.8) is 0 Å². The number of amides is 2. The summed E-state index contributed by atoms with van der Waals surface area (Å²) in [5.74, 6) is -0.560. The predicted molar refractivity (Wildman–Crippen MR) is 93.8 cm³/mol. The van der Waals surface area contributed by atoms with E-state index in [2.05, 4.69) is 10.3 Å². The topological polar surface area (TPSA) is 62.3 Å². The molecule has 0 fully saturated rings. The zero-order valence-electron chi connectivity index (χ0n) is 13.9. The molecule has 2 amide bonds. The third-order valence-corrected chi connectivity index (χ3v) is 4.26. The highest BCUT2D eigenvalue weighted by Crippen LogP contribution is 2.19. The van der Waals surface area contributed by atoms with E-state index in [0.717, 1.165) is 5.56 Å². The third kappa shape index (κ3) is 4.11. The molecule has 24 heavy (non-hydrogen) atoms. The van der Waals surface area contributed by atoms with Gasteiger partial charge in [0.15, 0.2) is 0 Å². The van der Waals surface area contributed by atoms with Crippen LogP contribution in [0.15, 0.2) is 48.8 Å². The molecule has 0 bridgehead atoms. The van der Waals surface area contributed by atoms with E-state index in [9.17, 15) is 9.59 Å². The Balaban J connectivity index is 2.04. The number of carbonyl (C=O) groups excluding carboxylic acids is 2. The molecule has 0 aliphatic rings. The molecule has 0 spiro atoms. The number of hydrogen-bond acceptors (Lipinski definition) is 3. The first-order valence-corrected chi connectivity index (χ1v) is 8.01. The minimum atomic E-state index is -0.669. The second-order valence-corrected chi connectivity index (χ2v) is 5.99. The highest BCUT2D eigenvalue weighted by Gasteiger charge is 2.24. The number of nitrogens with zero attached hydrogens (tertiary/aromatic N) is 2.